The van der Waals surface area contributed by atoms with Gasteiger partial charge in [0, 0.05) is 10.6 Å². The van der Waals surface area contributed by atoms with E-state index in [4.69, 9.17) is 0 Å². The summed E-state index contributed by atoms with van der Waals surface area (Å²) in [5.41, 5.74) is 3.50. The Hall–Kier alpha value is -2.40. The maximum atomic E-state index is 4.34. The van der Waals surface area contributed by atoms with E-state index >= 15 is 0 Å². The van der Waals surface area contributed by atoms with Gasteiger partial charge in [-0.2, -0.15) is 10.1 Å². The third-order valence-electron chi connectivity index (χ3n) is 3.60. The van der Waals surface area contributed by atoms with Crippen LogP contribution in [0.2, 0.25) is 0 Å². The number of nitrogens with zero attached hydrogens (tertiary/aromatic N) is 3. The maximum Gasteiger partial charge on any atom is 0.226 e. The van der Waals surface area contributed by atoms with Crippen LogP contribution in [0.25, 0.3) is 5.70 Å². The van der Waals surface area contributed by atoms with E-state index < -0.39 is 0 Å². The summed E-state index contributed by atoms with van der Waals surface area (Å²) in [6.07, 6.45) is 3.80. The van der Waals surface area contributed by atoms with Crippen molar-refractivity contribution in [3.63, 3.8) is 0 Å². The highest BCUT2D eigenvalue weighted by Crippen LogP contribution is 2.33. The van der Waals surface area contributed by atoms with Crippen LogP contribution in [0, 0.1) is 6.92 Å². The van der Waals surface area contributed by atoms with Crippen LogP contribution in [-0.2, 0) is 0 Å². The number of thiophene rings is 1. The van der Waals surface area contributed by atoms with E-state index in [2.05, 4.69) is 70.2 Å². The summed E-state index contributed by atoms with van der Waals surface area (Å²) in [5, 5.41) is 9.79. The number of aromatic nitrogens is 3. The fourth-order valence-corrected chi connectivity index (χ4v) is 3.28. The van der Waals surface area contributed by atoms with Gasteiger partial charge in [0.15, 0.2) is 0 Å². The third kappa shape index (κ3) is 2.15. The molecule has 0 bridgehead atoms. The molecule has 21 heavy (non-hydrogen) atoms. The molecule has 4 rings (SSSR count). The van der Waals surface area contributed by atoms with Crippen molar-refractivity contribution in [1.29, 1.82) is 0 Å². The van der Waals surface area contributed by atoms with Crippen molar-refractivity contribution in [3.05, 3.63) is 70.2 Å². The molecule has 0 fully saturated rings. The Bertz CT molecular complexity index is 784. The van der Waals surface area contributed by atoms with Crippen LogP contribution in [0.1, 0.15) is 22.0 Å². The van der Waals surface area contributed by atoms with E-state index in [-0.39, 0.29) is 6.04 Å². The van der Waals surface area contributed by atoms with Gasteiger partial charge < -0.3 is 5.32 Å². The van der Waals surface area contributed by atoms with E-state index in [0.29, 0.717) is 0 Å². The molecule has 104 valence electrons. The van der Waals surface area contributed by atoms with Crippen molar-refractivity contribution in [3.8, 4) is 0 Å². The SMILES string of the molecule is Cc1ccc(C2=C[C@@H](c3cccs3)n3ncnc3N2)cc1. The molecule has 2 aromatic heterocycles. The zero-order chi connectivity index (χ0) is 14.2. The first kappa shape index (κ1) is 12.3. The molecule has 0 aliphatic carbocycles. The number of anilines is 1. The van der Waals surface area contributed by atoms with Gasteiger partial charge in [0.05, 0.1) is 0 Å². The Kier molecular flexibility index (Phi) is 2.86. The third-order valence-corrected chi connectivity index (χ3v) is 4.55. The molecular weight excluding hydrogens is 280 g/mol. The molecule has 1 N–H and O–H groups in total. The summed E-state index contributed by atoms with van der Waals surface area (Å²) in [6.45, 7) is 2.09. The fourth-order valence-electron chi connectivity index (χ4n) is 2.50. The van der Waals surface area contributed by atoms with Crippen LogP contribution in [0.15, 0.2) is 54.2 Å². The molecule has 0 saturated carbocycles. The van der Waals surface area contributed by atoms with Gasteiger partial charge in [-0.25, -0.2) is 4.68 Å². The quantitative estimate of drug-likeness (QED) is 0.783. The Morgan fingerprint density at radius 1 is 1.19 bits per heavy atom. The molecule has 1 atom stereocenters. The van der Waals surface area contributed by atoms with Gasteiger partial charge in [0.1, 0.15) is 12.4 Å². The summed E-state index contributed by atoms with van der Waals surface area (Å²) >= 11 is 1.74. The number of aryl methyl sites for hydroxylation is 1. The molecule has 3 heterocycles. The van der Waals surface area contributed by atoms with Gasteiger partial charge in [-0.05, 0) is 30.0 Å². The minimum absolute atomic E-state index is 0.0973. The first-order valence-corrected chi connectivity index (χ1v) is 7.68. The smallest absolute Gasteiger partial charge is 0.226 e. The van der Waals surface area contributed by atoms with Gasteiger partial charge in [-0.15, -0.1) is 11.3 Å². The Balaban J connectivity index is 1.80. The average molecular weight is 294 g/mol. The van der Waals surface area contributed by atoms with Gasteiger partial charge in [0.2, 0.25) is 5.95 Å². The summed E-state index contributed by atoms with van der Waals surface area (Å²) in [4.78, 5) is 5.57. The van der Waals surface area contributed by atoms with Gasteiger partial charge >= 0.3 is 0 Å². The summed E-state index contributed by atoms with van der Waals surface area (Å²) in [5.74, 6) is 0.784. The lowest BCUT2D eigenvalue weighted by molar-refractivity contribution is 0.620. The molecule has 0 spiro atoms. The Morgan fingerprint density at radius 2 is 2.05 bits per heavy atom. The minimum Gasteiger partial charge on any atom is -0.324 e. The highest BCUT2D eigenvalue weighted by Gasteiger charge is 2.23. The zero-order valence-electron chi connectivity index (χ0n) is 11.5. The fraction of sp³-hybridized carbons (Fsp3) is 0.125. The molecule has 0 unspecified atom stereocenters. The minimum atomic E-state index is 0.0973. The van der Waals surface area contributed by atoms with Crippen LogP contribution < -0.4 is 5.32 Å². The monoisotopic (exact) mass is 294 g/mol. The standard InChI is InChI=1S/C16H14N4S/c1-11-4-6-12(7-5-11)13-9-14(15-3-2-8-21-15)20-16(19-13)17-10-18-20/h2-10,14H,1H3,(H,17,18,19)/t14-/m0/s1. The van der Waals surface area contributed by atoms with Gasteiger partial charge in [-0.3, -0.25) is 0 Å². The lowest BCUT2D eigenvalue weighted by atomic mass is 10.1. The van der Waals surface area contributed by atoms with E-state index in [0.717, 1.165) is 17.2 Å². The molecular formula is C16H14N4S. The summed E-state index contributed by atoms with van der Waals surface area (Å²) < 4.78 is 1.92. The second kappa shape index (κ2) is 4.86. The number of nitrogens with one attached hydrogen (secondary N) is 1. The Labute approximate surface area is 126 Å². The molecule has 0 amide bonds. The topological polar surface area (TPSA) is 42.7 Å². The van der Waals surface area contributed by atoms with E-state index in [1.165, 1.54) is 10.4 Å². The molecule has 1 aliphatic heterocycles. The molecule has 1 aromatic carbocycles. The van der Waals surface area contributed by atoms with E-state index in [1.807, 2.05) is 4.68 Å². The van der Waals surface area contributed by atoms with Crippen molar-refractivity contribution in [1.82, 2.24) is 14.8 Å². The van der Waals surface area contributed by atoms with Crippen LogP contribution in [0.4, 0.5) is 5.95 Å². The van der Waals surface area contributed by atoms with Crippen molar-refractivity contribution in [2.24, 2.45) is 0 Å². The highest BCUT2D eigenvalue weighted by molar-refractivity contribution is 7.10. The van der Waals surface area contributed by atoms with Gasteiger partial charge in [-0.1, -0.05) is 35.9 Å². The van der Waals surface area contributed by atoms with E-state index in [1.54, 1.807) is 17.7 Å². The highest BCUT2D eigenvalue weighted by atomic mass is 32.1. The average Bonchev–Trinajstić information content (AvgIpc) is 3.18. The molecule has 5 heteroatoms. The molecule has 4 nitrogen and oxygen atoms in total. The van der Waals surface area contributed by atoms with E-state index in [9.17, 15) is 0 Å². The molecule has 0 saturated heterocycles. The Morgan fingerprint density at radius 3 is 2.81 bits per heavy atom. The lowest BCUT2D eigenvalue weighted by Gasteiger charge is -2.23. The predicted octanol–water partition coefficient (Wildman–Crippen LogP) is 3.70. The van der Waals surface area contributed by atoms with Crippen LogP contribution >= 0.6 is 11.3 Å². The zero-order valence-corrected chi connectivity index (χ0v) is 12.3. The molecule has 0 radical (unpaired) electrons. The van der Waals surface area contributed by atoms with Crippen molar-refractivity contribution in [2.75, 3.05) is 5.32 Å². The van der Waals surface area contributed by atoms with Gasteiger partial charge in [0.25, 0.3) is 0 Å². The lowest BCUT2D eigenvalue weighted by Crippen LogP contribution is -2.19. The number of hydrogen-bond donors (Lipinski definition) is 1. The van der Waals surface area contributed by atoms with Crippen LogP contribution in [-0.4, -0.2) is 14.8 Å². The summed E-state index contributed by atoms with van der Waals surface area (Å²) in [7, 11) is 0. The maximum absolute atomic E-state index is 4.34. The number of hydrogen-bond acceptors (Lipinski definition) is 4. The van der Waals surface area contributed by atoms with Crippen LogP contribution in [0.3, 0.4) is 0 Å². The van der Waals surface area contributed by atoms with Crippen molar-refractivity contribution < 1.29 is 0 Å². The number of rotatable bonds is 2. The summed E-state index contributed by atoms with van der Waals surface area (Å²) in [6, 6.07) is 12.8. The predicted molar refractivity (Wildman–Crippen MR) is 85.3 cm³/mol. The molecule has 3 aromatic rings. The van der Waals surface area contributed by atoms with Crippen LogP contribution in [0.5, 0.6) is 0 Å². The normalized spacial score (nSPS) is 17.0. The second-order valence-corrected chi connectivity index (χ2v) is 6.04. The second-order valence-electron chi connectivity index (χ2n) is 5.06. The van der Waals surface area contributed by atoms with Crippen molar-refractivity contribution in [2.45, 2.75) is 13.0 Å². The number of fused-ring (bicyclic) bond motifs is 1. The number of benzene rings is 1. The van der Waals surface area contributed by atoms with Crippen molar-refractivity contribution >= 4 is 23.0 Å². The first-order valence-electron chi connectivity index (χ1n) is 6.80. The number of allylic oxidation sites excluding steroid dienone is 1. The molecule has 1 aliphatic rings. The first-order chi connectivity index (χ1) is 10.3. The largest absolute Gasteiger partial charge is 0.324 e.